The number of nitriles is 1. The maximum atomic E-state index is 11.5. The van der Waals surface area contributed by atoms with E-state index in [-0.39, 0.29) is 18.5 Å². The van der Waals surface area contributed by atoms with Crippen molar-refractivity contribution in [3.8, 4) is 6.07 Å². The quantitative estimate of drug-likeness (QED) is 0.292. The molecule has 106 valence electrons. The third-order valence-electron chi connectivity index (χ3n) is 2.05. The van der Waals surface area contributed by atoms with Crippen molar-refractivity contribution in [2.75, 3.05) is 26.3 Å². The molecule has 7 nitrogen and oxygen atoms in total. The number of hydrogen-bond donors (Lipinski definition) is 3. The van der Waals surface area contributed by atoms with E-state index < -0.39 is 11.9 Å². The summed E-state index contributed by atoms with van der Waals surface area (Å²) in [7, 11) is 0. The molecule has 19 heavy (non-hydrogen) atoms. The van der Waals surface area contributed by atoms with Crippen LogP contribution in [0.2, 0.25) is 0 Å². The Bertz CT molecular complexity index is 360. The number of nitrogens with one attached hydrogen (secondary N) is 2. The highest BCUT2D eigenvalue weighted by molar-refractivity contribution is 5.97. The first-order valence-corrected chi connectivity index (χ1v) is 6.03. The van der Waals surface area contributed by atoms with Crippen molar-refractivity contribution < 1.29 is 19.4 Å². The first kappa shape index (κ1) is 16.9. The van der Waals surface area contributed by atoms with Gasteiger partial charge in [0.05, 0.1) is 6.42 Å². The number of carbonyl (C=O) groups excluding carboxylic acids is 1. The van der Waals surface area contributed by atoms with E-state index >= 15 is 0 Å². The zero-order valence-electron chi connectivity index (χ0n) is 10.9. The lowest BCUT2D eigenvalue weighted by Gasteiger charge is -2.04. The zero-order chi connectivity index (χ0) is 14.5. The Labute approximate surface area is 112 Å². The molecular formula is C12H19N3O4. The van der Waals surface area contributed by atoms with Crippen LogP contribution in [0.1, 0.15) is 19.8 Å². The standard InChI is InChI=1S/C12H19N3O4/c1-2-19-7-3-5-14-9-10(8-13)12(18)15-6-4-11(16)17/h9,14H,2-7H2,1H3,(H,15,18)(H,16,17)/b10-9-. The second kappa shape index (κ2) is 11.0. The predicted molar refractivity (Wildman–Crippen MR) is 68.1 cm³/mol. The number of carboxylic acids is 1. The summed E-state index contributed by atoms with van der Waals surface area (Å²) < 4.78 is 5.13. The van der Waals surface area contributed by atoms with Gasteiger partial charge in [-0.25, -0.2) is 0 Å². The van der Waals surface area contributed by atoms with E-state index in [4.69, 9.17) is 15.1 Å². The molecule has 0 aromatic rings. The number of aliphatic carboxylic acids is 1. The van der Waals surface area contributed by atoms with Crippen LogP contribution in [0.5, 0.6) is 0 Å². The first-order chi connectivity index (χ1) is 9.11. The van der Waals surface area contributed by atoms with E-state index in [0.717, 1.165) is 6.42 Å². The summed E-state index contributed by atoms with van der Waals surface area (Å²) in [5, 5.41) is 22.4. The molecule has 0 bridgehead atoms. The van der Waals surface area contributed by atoms with Crippen molar-refractivity contribution >= 4 is 11.9 Å². The minimum Gasteiger partial charge on any atom is -0.481 e. The van der Waals surface area contributed by atoms with Gasteiger partial charge in [0, 0.05) is 32.5 Å². The van der Waals surface area contributed by atoms with Crippen LogP contribution < -0.4 is 10.6 Å². The molecule has 1 amide bonds. The van der Waals surface area contributed by atoms with E-state index in [2.05, 4.69) is 10.6 Å². The summed E-state index contributed by atoms with van der Waals surface area (Å²) in [6.45, 7) is 3.77. The number of carbonyl (C=O) groups is 2. The summed E-state index contributed by atoms with van der Waals surface area (Å²) in [5.41, 5.74) is -0.0817. The van der Waals surface area contributed by atoms with Gasteiger partial charge < -0.3 is 20.5 Å². The summed E-state index contributed by atoms with van der Waals surface area (Å²) in [5.74, 6) is -1.59. The number of amides is 1. The number of carboxylic acid groups (broad SMARTS) is 1. The highest BCUT2D eigenvalue weighted by Gasteiger charge is 2.08. The Morgan fingerprint density at radius 1 is 1.42 bits per heavy atom. The van der Waals surface area contributed by atoms with E-state index in [0.29, 0.717) is 19.8 Å². The zero-order valence-corrected chi connectivity index (χ0v) is 10.9. The van der Waals surface area contributed by atoms with Gasteiger partial charge in [0.2, 0.25) is 0 Å². The third kappa shape index (κ3) is 9.62. The molecule has 0 heterocycles. The molecule has 7 heteroatoms. The second-order valence-electron chi connectivity index (χ2n) is 3.57. The van der Waals surface area contributed by atoms with Crippen LogP contribution >= 0.6 is 0 Å². The monoisotopic (exact) mass is 269 g/mol. The van der Waals surface area contributed by atoms with E-state index in [1.54, 1.807) is 6.07 Å². The maximum Gasteiger partial charge on any atom is 0.305 e. The molecule has 0 aliphatic heterocycles. The Hall–Kier alpha value is -2.07. The van der Waals surface area contributed by atoms with Crippen LogP contribution in [-0.2, 0) is 14.3 Å². The average Bonchev–Trinajstić information content (AvgIpc) is 2.37. The molecule has 0 aliphatic carbocycles. The van der Waals surface area contributed by atoms with Crippen molar-refractivity contribution in [3.05, 3.63) is 11.8 Å². The van der Waals surface area contributed by atoms with Gasteiger partial charge in [0.15, 0.2) is 0 Å². The topological polar surface area (TPSA) is 111 Å². The van der Waals surface area contributed by atoms with Crippen LogP contribution in [0, 0.1) is 11.3 Å². The van der Waals surface area contributed by atoms with Crippen LogP contribution in [0.4, 0.5) is 0 Å². The number of nitrogens with zero attached hydrogens (tertiary/aromatic N) is 1. The lowest BCUT2D eigenvalue weighted by atomic mass is 10.3. The molecule has 0 radical (unpaired) electrons. The molecule has 0 saturated carbocycles. The number of hydrogen-bond acceptors (Lipinski definition) is 5. The minimum absolute atomic E-state index is 0.00245. The van der Waals surface area contributed by atoms with Crippen LogP contribution in [0.25, 0.3) is 0 Å². The molecule has 0 aromatic heterocycles. The van der Waals surface area contributed by atoms with Crippen LogP contribution in [0.15, 0.2) is 11.8 Å². The second-order valence-corrected chi connectivity index (χ2v) is 3.57. The molecule has 3 N–H and O–H groups in total. The summed E-state index contributed by atoms with van der Waals surface area (Å²) in [4.78, 5) is 21.7. The van der Waals surface area contributed by atoms with E-state index in [9.17, 15) is 9.59 Å². The Balaban J connectivity index is 3.93. The fourth-order valence-electron chi connectivity index (χ4n) is 1.12. The number of rotatable bonds is 10. The normalized spacial score (nSPS) is 10.6. The largest absolute Gasteiger partial charge is 0.481 e. The molecule has 0 unspecified atom stereocenters. The Kier molecular flexibility index (Phi) is 9.84. The Morgan fingerprint density at radius 3 is 2.74 bits per heavy atom. The molecule has 0 spiro atoms. The fraction of sp³-hybridized carbons (Fsp3) is 0.583. The number of ether oxygens (including phenoxy) is 1. The lowest BCUT2D eigenvalue weighted by Crippen LogP contribution is -2.28. The lowest BCUT2D eigenvalue weighted by molar-refractivity contribution is -0.136. The average molecular weight is 269 g/mol. The SMILES string of the molecule is CCOCCCN/C=C(/C#N)C(=O)NCCC(=O)O. The third-order valence-corrected chi connectivity index (χ3v) is 2.05. The summed E-state index contributed by atoms with van der Waals surface area (Å²) >= 11 is 0. The van der Waals surface area contributed by atoms with Gasteiger partial charge in [-0.3, -0.25) is 9.59 Å². The Morgan fingerprint density at radius 2 is 2.16 bits per heavy atom. The molecular weight excluding hydrogens is 250 g/mol. The molecule has 0 saturated heterocycles. The van der Waals surface area contributed by atoms with Crippen LogP contribution in [0.3, 0.4) is 0 Å². The minimum atomic E-state index is -1.00. The van der Waals surface area contributed by atoms with Crippen molar-refractivity contribution in [1.82, 2.24) is 10.6 Å². The maximum absolute atomic E-state index is 11.5. The van der Waals surface area contributed by atoms with Gasteiger partial charge in [-0.15, -0.1) is 0 Å². The van der Waals surface area contributed by atoms with Gasteiger partial charge in [-0.2, -0.15) is 5.26 Å². The van der Waals surface area contributed by atoms with Gasteiger partial charge >= 0.3 is 5.97 Å². The fourth-order valence-corrected chi connectivity index (χ4v) is 1.12. The smallest absolute Gasteiger partial charge is 0.305 e. The highest BCUT2D eigenvalue weighted by atomic mass is 16.5. The first-order valence-electron chi connectivity index (χ1n) is 6.03. The van der Waals surface area contributed by atoms with Crippen LogP contribution in [-0.4, -0.2) is 43.3 Å². The molecule has 0 aliphatic rings. The van der Waals surface area contributed by atoms with Crippen molar-refractivity contribution in [3.63, 3.8) is 0 Å². The summed E-state index contributed by atoms with van der Waals surface area (Å²) in [6, 6.07) is 1.75. The molecule has 0 rings (SSSR count). The van der Waals surface area contributed by atoms with Gasteiger partial charge in [0.1, 0.15) is 11.6 Å². The molecule has 0 aromatic carbocycles. The van der Waals surface area contributed by atoms with E-state index in [1.807, 2.05) is 6.92 Å². The molecule has 0 fully saturated rings. The van der Waals surface area contributed by atoms with Gasteiger partial charge in [-0.05, 0) is 13.3 Å². The van der Waals surface area contributed by atoms with Gasteiger partial charge in [-0.1, -0.05) is 0 Å². The predicted octanol–water partition coefficient (Wildman–Crippen LogP) is 0.000980. The van der Waals surface area contributed by atoms with Crippen molar-refractivity contribution in [1.29, 1.82) is 5.26 Å². The molecule has 0 atom stereocenters. The summed E-state index contributed by atoms with van der Waals surface area (Å²) in [6.07, 6.45) is 1.91. The van der Waals surface area contributed by atoms with Crippen molar-refractivity contribution in [2.45, 2.75) is 19.8 Å². The van der Waals surface area contributed by atoms with E-state index in [1.165, 1.54) is 6.20 Å². The highest BCUT2D eigenvalue weighted by Crippen LogP contribution is 1.91. The van der Waals surface area contributed by atoms with Crippen molar-refractivity contribution in [2.24, 2.45) is 0 Å². The van der Waals surface area contributed by atoms with Gasteiger partial charge in [0.25, 0.3) is 5.91 Å².